The van der Waals surface area contributed by atoms with Crippen molar-refractivity contribution < 1.29 is 0 Å². The standard InChI is InChI=1S/C11H13N3/c1-2-9-11(13-4-1)6-10(14-9)8-3-5-12-7-8/h1-2,4,6,8,12,14H,3,5,7H2. The van der Waals surface area contributed by atoms with Gasteiger partial charge in [-0.1, -0.05) is 0 Å². The van der Waals surface area contributed by atoms with Crippen LogP contribution < -0.4 is 5.32 Å². The van der Waals surface area contributed by atoms with Gasteiger partial charge in [0.2, 0.25) is 0 Å². The molecule has 1 aliphatic rings. The second-order valence-corrected chi connectivity index (χ2v) is 3.85. The molecule has 0 radical (unpaired) electrons. The molecule has 3 heterocycles. The first kappa shape index (κ1) is 8.00. The summed E-state index contributed by atoms with van der Waals surface area (Å²) >= 11 is 0. The zero-order valence-corrected chi connectivity index (χ0v) is 7.96. The molecular weight excluding hydrogens is 174 g/mol. The number of fused-ring (bicyclic) bond motifs is 1. The summed E-state index contributed by atoms with van der Waals surface area (Å²) in [7, 11) is 0. The highest BCUT2D eigenvalue weighted by Crippen LogP contribution is 2.24. The fourth-order valence-corrected chi connectivity index (χ4v) is 2.12. The molecule has 0 amide bonds. The van der Waals surface area contributed by atoms with E-state index in [1.807, 2.05) is 12.3 Å². The molecule has 2 N–H and O–H groups in total. The quantitative estimate of drug-likeness (QED) is 0.712. The van der Waals surface area contributed by atoms with Crippen molar-refractivity contribution in [3.05, 3.63) is 30.1 Å². The molecule has 0 aromatic carbocycles. The summed E-state index contributed by atoms with van der Waals surface area (Å²) in [6, 6.07) is 6.22. The van der Waals surface area contributed by atoms with Crippen LogP contribution in [0.4, 0.5) is 0 Å². The lowest BCUT2D eigenvalue weighted by molar-refractivity contribution is 0.743. The molecule has 1 fully saturated rings. The molecule has 1 saturated heterocycles. The number of pyridine rings is 1. The van der Waals surface area contributed by atoms with Gasteiger partial charge in [-0.15, -0.1) is 0 Å². The summed E-state index contributed by atoms with van der Waals surface area (Å²) in [6.07, 6.45) is 3.07. The Kier molecular flexibility index (Phi) is 1.77. The van der Waals surface area contributed by atoms with Crippen LogP contribution in [-0.2, 0) is 0 Å². The van der Waals surface area contributed by atoms with Gasteiger partial charge in [0.15, 0.2) is 0 Å². The van der Waals surface area contributed by atoms with E-state index in [-0.39, 0.29) is 0 Å². The van der Waals surface area contributed by atoms with Crippen LogP contribution >= 0.6 is 0 Å². The van der Waals surface area contributed by atoms with Crippen LogP contribution in [0.15, 0.2) is 24.4 Å². The van der Waals surface area contributed by atoms with E-state index in [2.05, 4.69) is 27.4 Å². The molecule has 0 saturated carbocycles. The lowest BCUT2D eigenvalue weighted by atomic mass is 10.1. The first-order valence-electron chi connectivity index (χ1n) is 5.08. The Morgan fingerprint density at radius 3 is 3.21 bits per heavy atom. The van der Waals surface area contributed by atoms with Crippen LogP contribution in [0.2, 0.25) is 0 Å². The minimum atomic E-state index is 0.643. The number of H-pyrrole nitrogens is 1. The number of nitrogens with zero attached hydrogens (tertiary/aromatic N) is 1. The highest BCUT2D eigenvalue weighted by atomic mass is 14.9. The molecule has 1 unspecified atom stereocenters. The van der Waals surface area contributed by atoms with Gasteiger partial charge >= 0.3 is 0 Å². The van der Waals surface area contributed by atoms with Crippen molar-refractivity contribution in [2.75, 3.05) is 13.1 Å². The van der Waals surface area contributed by atoms with Gasteiger partial charge in [-0.25, -0.2) is 0 Å². The number of hydrogen-bond acceptors (Lipinski definition) is 2. The fourth-order valence-electron chi connectivity index (χ4n) is 2.12. The van der Waals surface area contributed by atoms with Crippen LogP contribution in [0.1, 0.15) is 18.0 Å². The van der Waals surface area contributed by atoms with Crippen LogP contribution in [-0.4, -0.2) is 23.1 Å². The summed E-state index contributed by atoms with van der Waals surface area (Å²) in [5.41, 5.74) is 3.55. The smallest absolute Gasteiger partial charge is 0.0881 e. The minimum absolute atomic E-state index is 0.643. The van der Waals surface area contributed by atoms with E-state index in [9.17, 15) is 0 Å². The minimum Gasteiger partial charge on any atom is -0.357 e. The lowest BCUT2D eigenvalue weighted by Crippen LogP contribution is -2.07. The van der Waals surface area contributed by atoms with Crippen molar-refractivity contribution in [3.63, 3.8) is 0 Å². The molecular formula is C11H13N3. The predicted octanol–water partition coefficient (Wildman–Crippen LogP) is 1.64. The van der Waals surface area contributed by atoms with Crippen LogP contribution in [0.3, 0.4) is 0 Å². The zero-order chi connectivity index (χ0) is 9.38. The Hall–Kier alpha value is -1.35. The van der Waals surface area contributed by atoms with E-state index in [0.29, 0.717) is 5.92 Å². The van der Waals surface area contributed by atoms with Gasteiger partial charge in [-0.05, 0) is 31.2 Å². The molecule has 3 rings (SSSR count). The first-order chi connectivity index (χ1) is 6.93. The summed E-state index contributed by atoms with van der Waals surface area (Å²) in [5.74, 6) is 0.643. The molecule has 3 nitrogen and oxygen atoms in total. The normalized spacial score (nSPS) is 21.9. The van der Waals surface area contributed by atoms with Gasteiger partial charge in [0.25, 0.3) is 0 Å². The summed E-state index contributed by atoms with van der Waals surface area (Å²) in [4.78, 5) is 7.76. The maximum absolute atomic E-state index is 4.32. The highest BCUT2D eigenvalue weighted by Gasteiger charge is 2.18. The van der Waals surface area contributed by atoms with E-state index < -0.39 is 0 Å². The third-order valence-electron chi connectivity index (χ3n) is 2.91. The molecule has 1 atom stereocenters. The summed E-state index contributed by atoms with van der Waals surface area (Å²) in [5, 5.41) is 3.37. The fraction of sp³-hybridized carbons (Fsp3) is 0.364. The Morgan fingerprint density at radius 2 is 2.43 bits per heavy atom. The van der Waals surface area contributed by atoms with E-state index >= 15 is 0 Å². The molecule has 1 aliphatic heterocycles. The van der Waals surface area contributed by atoms with E-state index in [4.69, 9.17) is 0 Å². The third-order valence-corrected chi connectivity index (χ3v) is 2.91. The van der Waals surface area contributed by atoms with E-state index in [0.717, 1.165) is 24.1 Å². The van der Waals surface area contributed by atoms with Crippen LogP contribution in [0, 0.1) is 0 Å². The van der Waals surface area contributed by atoms with Gasteiger partial charge in [0.1, 0.15) is 0 Å². The number of aromatic amines is 1. The van der Waals surface area contributed by atoms with Gasteiger partial charge in [-0.3, -0.25) is 4.98 Å². The first-order valence-corrected chi connectivity index (χ1v) is 5.08. The number of hydrogen-bond donors (Lipinski definition) is 2. The van der Waals surface area contributed by atoms with E-state index in [1.54, 1.807) is 0 Å². The zero-order valence-electron chi connectivity index (χ0n) is 7.96. The maximum Gasteiger partial charge on any atom is 0.0881 e. The number of nitrogens with one attached hydrogen (secondary N) is 2. The van der Waals surface area contributed by atoms with Gasteiger partial charge in [-0.2, -0.15) is 0 Å². The van der Waals surface area contributed by atoms with Crippen molar-refractivity contribution in [1.29, 1.82) is 0 Å². The molecule has 0 bridgehead atoms. The van der Waals surface area contributed by atoms with E-state index in [1.165, 1.54) is 12.1 Å². The highest BCUT2D eigenvalue weighted by molar-refractivity contribution is 5.75. The lowest BCUT2D eigenvalue weighted by Gasteiger charge is -2.03. The summed E-state index contributed by atoms with van der Waals surface area (Å²) < 4.78 is 0. The third kappa shape index (κ3) is 1.21. The van der Waals surface area contributed by atoms with Crippen molar-refractivity contribution in [3.8, 4) is 0 Å². The Labute approximate surface area is 82.5 Å². The SMILES string of the molecule is c1cnc2cc(C3CCNC3)[nH]c2c1. The molecule has 3 heteroatoms. The van der Waals surface area contributed by atoms with Crippen molar-refractivity contribution >= 4 is 11.0 Å². The number of rotatable bonds is 1. The molecule has 0 spiro atoms. The van der Waals surface area contributed by atoms with Crippen molar-refractivity contribution in [1.82, 2.24) is 15.3 Å². The molecule has 72 valence electrons. The predicted molar refractivity (Wildman–Crippen MR) is 56.3 cm³/mol. The average molecular weight is 187 g/mol. The Balaban J connectivity index is 2.05. The van der Waals surface area contributed by atoms with Crippen molar-refractivity contribution in [2.45, 2.75) is 12.3 Å². The van der Waals surface area contributed by atoms with Crippen LogP contribution in [0.25, 0.3) is 11.0 Å². The second-order valence-electron chi connectivity index (χ2n) is 3.85. The molecule has 14 heavy (non-hydrogen) atoms. The Bertz CT molecular complexity index is 407. The van der Waals surface area contributed by atoms with Gasteiger partial charge in [0, 0.05) is 24.4 Å². The monoisotopic (exact) mass is 187 g/mol. The average Bonchev–Trinajstić information content (AvgIpc) is 2.86. The largest absolute Gasteiger partial charge is 0.357 e. The molecule has 2 aromatic heterocycles. The van der Waals surface area contributed by atoms with Crippen molar-refractivity contribution in [2.24, 2.45) is 0 Å². The molecule has 0 aliphatic carbocycles. The van der Waals surface area contributed by atoms with Crippen LogP contribution in [0.5, 0.6) is 0 Å². The van der Waals surface area contributed by atoms with Gasteiger partial charge in [0.05, 0.1) is 11.0 Å². The molecule has 2 aromatic rings. The maximum atomic E-state index is 4.32. The second kappa shape index (κ2) is 3.10. The summed E-state index contributed by atoms with van der Waals surface area (Å²) in [6.45, 7) is 2.22. The van der Waals surface area contributed by atoms with Gasteiger partial charge < -0.3 is 10.3 Å². The number of aromatic nitrogens is 2. The Morgan fingerprint density at radius 1 is 1.43 bits per heavy atom. The topological polar surface area (TPSA) is 40.7 Å².